The van der Waals surface area contributed by atoms with Gasteiger partial charge < -0.3 is 15.5 Å². The predicted molar refractivity (Wildman–Crippen MR) is 77.6 cm³/mol. The molecule has 0 bridgehead atoms. The van der Waals surface area contributed by atoms with Gasteiger partial charge in [-0.25, -0.2) is 0 Å². The van der Waals surface area contributed by atoms with E-state index in [9.17, 15) is 4.79 Å². The molecule has 0 radical (unpaired) electrons. The lowest BCUT2D eigenvalue weighted by Crippen LogP contribution is -2.22. The minimum atomic E-state index is -0.177. The molecular formula is C13H14N4O2S. The third-order valence-corrected chi connectivity index (χ3v) is 4.39. The summed E-state index contributed by atoms with van der Waals surface area (Å²) in [5.41, 5.74) is 8.33. The molecular weight excluding hydrogens is 276 g/mol. The SMILES string of the molecule is Cc1nn(C)c2sc(C(=O)NCc3ccoc3)c(N)c12. The minimum absolute atomic E-state index is 0.177. The first-order valence-corrected chi connectivity index (χ1v) is 6.90. The number of nitrogens with two attached hydrogens (primary N) is 1. The van der Waals surface area contributed by atoms with Crippen molar-refractivity contribution in [3.63, 3.8) is 0 Å². The molecule has 0 saturated heterocycles. The standard InChI is InChI=1S/C13H14N4O2S/c1-7-9-10(14)11(20-13(9)17(2)16-7)12(18)15-5-8-3-4-19-6-8/h3-4,6H,5,14H2,1-2H3,(H,15,18). The van der Waals surface area contributed by atoms with Gasteiger partial charge in [0.15, 0.2) is 0 Å². The number of nitrogen functional groups attached to an aromatic ring is 1. The van der Waals surface area contributed by atoms with Crippen molar-refractivity contribution in [2.24, 2.45) is 7.05 Å². The number of nitrogens with one attached hydrogen (secondary N) is 1. The molecule has 20 heavy (non-hydrogen) atoms. The fraction of sp³-hybridized carbons (Fsp3) is 0.231. The van der Waals surface area contributed by atoms with Gasteiger partial charge >= 0.3 is 0 Å². The smallest absolute Gasteiger partial charge is 0.263 e. The number of amides is 1. The molecule has 0 aromatic carbocycles. The molecule has 3 N–H and O–H groups in total. The lowest BCUT2D eigenvalue weighted by molar-refractivity contribution is 0.0956. The number of nitrogens with zero attached hydrogens (tertiary/aromatic N) is 2. The highest BCUT2D eigenvalue weighted by atomic mass is 32.1. The first-order chi connectivity index (χ1) is 9.58. The van der Waals surface area contributed by atoms with E-state index in [1.807, 2.05) is 20.0 Å². The monoisotopic (exact) mass is 290 g/mol. The van der Waals surface area contributed by atoms with E-state index < -0.39 is 0 Å². The van der Waals surface area contributed by atoms with Crippen molar-refractivity contribution in [3.8, 4) is 0 Å². The summed E-state index contributed by atoms with van der Waals surface area (Å²) < 4.78 is 6.71. The second-order valence-corrected chi connectivity index (χ2v) is 5.55. The van der Waals surface area contributed by atoms with E-state index in [1.54, 1.807) is 17.2 Å². The van der Waals surface area contributed by atoms with E-state index in [0.717, 1.165) is 21.5 Å². The Morgan fingerprint density at radius 2 is 2.40 bits per heavy atom. The Kier molecular flexibility index (Phi) is 2.98. The number of anilines is 1. The van der Waals surface area contributed by atoms with E-state index in [-0.39, 0.29) is 5.91 Å². The summed E-state index contributed by atoms with van der Waals surface area (Å²) >= 11 is 1.36. The topological polar surface area (TPSA) is 86.1 Å². The molecule has 7 heteroatoms. The number of hydrogen-bond acceptors (Lipinski definition) is 5. The second kappa shape index (κ2) is 4.68. The maximum absolute atomic E-state index is 12.2. The number of fused-ring (bicyclic) bond motifs is 1. The van der Waals surface area contributed by atoms with E-state index in [1.165, 1.54) is 11.3 Å². The van der Waals surface area contributed by atoms with Crippen LogP contribution in [0.1, 0.15) is 20.9 Å². The van der Waals surface area contributed by atoms with Crippen LogP contribution in [-0.4, -0.2) is 15.7 Å². The van der Waals surface area contributed by atoms with Crippen LogP contribution in [0.25, 0.3) is 10.2 Å². The molecule has 0 fully saturated rings. The van der Waals surface area contributed by atoms with Gasteiger partial charge in [0.25, 0.3) is 5.91 Å². The maximum atomic E-state index is 12.2. The van der Waals surface area contributed by atoms with Crippen molar-refractivity contribution >= 4 is 33.1 Å². The van der Waals surface area contributed by atoms with Crippen LogP contribution < -0.4 is 11.1 Å². The number of hydrogen-bond donors (Lipinski definition) is 2. The Morgan fingerprint density at radius 1 is 1.60 bits per heavy atom. The zero-order valence-electron chi connectivity index (χ0n) is 11.1. The number of aromatic nitrogens is 2. The molecule has 0 saturated carbocycles. The van der Waals surface area contributed by atoms with Crippen molar-refractivity contribution in [3.05, 3.63) is 34.7 Å². The molecule has 0 aliphatic rings. The van der Waals surface area contributed by atoms with Crippen LogP contribution in [-0.2, 0) is 13.6 Å². The molecule has 1 amide bonds. The summed E-state index contributed by atoms with van der Waals surface area (Å²) in [5.74, 6) is -0.177. The predicted octanol–water partition coefficient (Wildman–Crippen LogP) is 2.05. The average molecular weight is 290 g/mol. The van der Waals surface area contributed by atoms with Crippen LogP contribution in [0.4, 0.5) is 5.69 Å². The number of carbonyl (C=O) groups is 1. The Balaban J connectivity index is 1.88. The molecule has 3 aromatic rings. The van der Waals surface area contributed by atoms with Crippen molar-refractivity contribution in [2.45, 2.75) is 13.5 Å². The van der Waals surface area contributed by atoms with Crippen LogP contribution in [0.5, 0.6) is 0 Å². The molecule has 3 aromatic heterocycles. The normalized spacial score (nSPS) is 11.1. The van der Waals surface area contributed by atoms with Crippen molar-refractivity contribution in [2.75, 3.05) is 5.73 Å². The number of rotatable bonds is 3. The highest BCUT2D eigenvalue weighted by Gasteiger charge is 2.20. The van der Waals surface area contributed by atoms with E-state index in [4.69, 9.17) is 10.2 Å². The van der Waals surface area contributed by atoms with Crippen molar-refractivity contribution in [1.29, 1.82) is 0 Å². The zero-order chi connectivity index (χ0) is 14.3. The number of aryl methyl sites for hydroxylation is 2. The molecule has 0 aliphatic heterocycles. The number of furan rings is 1. The Labute approximate surface area is 119 Å². The van der Waals surface area contributed by atoms with Gasteiger partial charge in [-0.2, -0.15) is 5.10 Å². The molecule has 3 rings (SSSR count). The quantitative estimate of drug-likeness (QED) is 0.773. The minimum Gasteiger partial charge on any atom is -0.472 e. The molecule has 0 unspecified atom stereocenters. The summed E-state index contributed by atoms with van der Waals surface area (Å²) in [6, 6.07) is 1.81. The summed E-state index contributed by atoms with van der Waals surface area (Å²) in [7, 11) is 1.85. The fourth-order valence-corrected chi connectivity index (χ4v) is 3.26. The highest BCUT2D eigenvalue weighted by Crippen LogP contribution is 2.35. The molecule has 0 atom stereocenters. The van der Waals surface area contributed by atoms with Gasteiger partial charge in [-0.1, -0.05) is 0 Å². The molecule has 6 nitrogen and oxygen atoms in total. The summed E-state index contributed by atoms with van der Waals surface area (Å²) in [6.07, 6.45) is 3.17. The Bertz CT molecular complexity index is 770. The van der Waals surface area contributed by atoms with Crippen LogP contribution in [0, 0.1) is 6.92 Å². The Morgan fingerprint density at radius 3 is 3.05 bits per heavy atom. The first-order valence-electron chi connectivity index (χ1n) is 6.08. The van der Waals surface area contributed by atoms with Crippen LogP contribution >= 0.6 is 11.3 Å². The Hall–Kier alpha value is -2.28. The van der Waals surface area contributed by atoms with E-state index in [0.29, 0.717) is 17.1 Å². The summed E-state index contributed by atoms with van der Waals surface area (Å²) in [6.45, 7) is 2.30. The first kappa shape index (κ1) is 12.7. The average Bonchev–Trinajstić information content (AvgIpc) is 3.08. The lowest BCUT2D eigenvalue weighted by Gasteiger charge is -2.02. The third kappa shape index (κ3) is 1.96. The number of carbonyl (C=O) groups excluding carboxylic acids is 1. The summed E-state index contributed by atoms with van der Waals surface area (Å²) in [5, 5.41) is 8.00. The van der Waals surface area contributed by atoms with Crippen molar-refractivity contribution in [1.82, 2.24) is 15.1 Å². The second-order valence-electron chi connectivity index (χ2n) is 4.55. The fourth-order valence-electron chi connectivity index (χ4n) is 2.15. The van der Waals surface area contributed by atoms with Crippen molar-refractivity contribution < 1.29 is 9.21 Å². The zero-order valence-corrected chi connectivity index (χ0v) is 12.0. The van der Waals surface area contributed by atoms with Crippen LogP contribution in [0.2, 0.25) is 0 Å². The van der Waals surface area contributed by atoms with Gasteiger partial charge in [-0.15, -0.1) is 11.3 Å². The van der Waals surface area contributed by atoms with E-state index in [2.05, 4.69) is 10.4 Å². The van der Waals surface area contributed by atoms with Gasteiger partial charge in [0.05, 0.1) is 29.3 Å². The van der Waals surface area contributed by atoms with E-state index >= 15 is 0 Å². The molecule has 0 aliphatic carbocycles. The molecule has 3 heterocycles. The third-order valence-electron chi connectivity index (χ3n) is 3.12. The molecule has 104 valence electrons. The van der Waals surface area contributed by atoms with Crippen LogP contribution in [0.15, 0.2) is 23.0 Å². The lowest BCUT2D eigenvalue weighted by atomic mass is 10.2. The van der Waals surface area contributed by atoms with Gasteiger partial charge in [0.1, 0.15) is 9.71 Å². The largest absolute Gasteiger partial charge is 0.472 e. The van der Waals surface area contributed by atoms with Gasteiger partial charge in [-0.05, 0) is 13.0 Å². The molecule has 0 spiro atoms. The summed E-state index contributed by atoms with van der Waals surface area (Å²) in [4.78, 5) is 13.6. The van der Waals surface area contributed by atoms with Gasteiger partial charge in [0, 0.05) is 19.2 Å². The maximum Gasteiger partial charge on any atom is 0.263 e. The number of thiophene rings is 1. The van der Waals surface area contributed by atoms with Gasteiger partial charge in [0.2, 0.25) is 0 Å². The van der Waals surface area contributed by atoms with Crippen LogP contribution in [0.3, 0.4) is 0 Å². The van der Waals surface area contributed by atoms with Gasteiger partial charge in [-0.3, -0.25) is 9.48 Å². The highest BCUT2D eigenvalue weighted by molar-refractivity contribution is 7.21.